The minimum atomic E-state index is 0.137. The Morgan fingerprint density at radius 2 is 1.95 bits per heavy atom. The van der Waals surface area contributed by atoms with E-state index in [0.717, 1.165) is 32.4 Å². The molecular formula is C17H26N2O2. The third kappa shape index (κ3) is 4.21. The van der Waals surface area contributed by atoms with Crippen LogP contribution in [0, 0.1) is 0 Å². The second-order valence-corrected chi connectivity index (χ2v) is 5.70. The molecule has 0 unspecified atom stereocenters. The molecule has 1 aromatic rings. The number of aliphatic hydroxyl groups is 1. The van der Waals surface area contributed by atoms with E-state index in [9.17, 15) is 4.79 Å². The molecular weight excluding hydrogens is 264 g/mol. The first-order valence-electron chi connectivity index (χ1n) is 7.96. The summed E-state index contributed by atoms with van der Waals surface area (Å²) in [7, 11) is 0. The van der Waals surface area contributed by atoms with Gasteiger partial charge in [-0.05, 0) is 24.8 Å². The van der Waals surface area contributed by atoms with Crippen LogP contribution in [-0.4, -0.2) is 53.2 Å². The van der Waals surface area contributed by atoms with Crippen LogP contribution in [0.2, 0.25) is 0 Å². The summed E-state index contributed by atoms with van der Waals surface area (Å²) in [6.45, 7) is 4.56. The Bertz CT molecular complexity index is 436. The fourth-order valence-corrected chi connectivity index (χ4v) is 2.88. The minimum absolute atomic E-state index is 0.137. The van der Waals surface area contributed by atoms with Crippen LogP contribution >= 0.6 is 0 Å². The van der Waals surface area contributed by atoms with Gasteiger partial charge in [0.1, 0.15) is 0 Å². The summed E-state index contributed by atoms with van der Waals surface area (Å²) in [5, 5.41) is 8.97. The largest absolute Gasteiger partial charge is 0.396 e. The summed E-state index contributed by atoms with van der Waals surface area (Å²) in [6.07, 6.45) is 3.71. The molecule has 0 bridgehead atoms. The summed E-state index contributed by atoms with van der Waals surface area (Å²) < 4.78 is 0. The van der Waals surface area contributed by atoms with Gasteiger partial charge in [-0.2, -0.15) is 0 Å². The van der Waals surface area contributed by atoms with Crippen molar-refractivity contribution in [2.45, 2.75) is 38.6 Å². The van der Waals surface area contributed by atoms with Crippen LogP contribution in [0.1, 0.15) is 31.7 Å². The molecule has 2 rings (SSSR count). The van der Waals surface area contributed by atoms with Gasteiger partial charge in [0.2, 0.25) is 0 Å². The van der Waals surface area contributed by atoms with Crippen LogP contribution in [-0.2, 0) is 6.42 Å². The normalized spacial score (nSPS) is 18.6. The van der Waals surface area contributed by atoms with Crippen LogP contribution in [0.4, 0.5) is 4.79 Å². The first kappa shape index (κ1) is 15.8. The van der Waals surface area contributed by atoms with Crippen molar-refractivity contribution in [3.63, 3.8) is 0 Å². The first-order chi connectivity index (χ1) is 10.3. The van der Waals surface area contributed by atoms with Crippen molar-refractivity contribution >= 4 is 6.03 Å². The van der Waals surface area contributed by atoms with Crippen LogP contribution in [0.25, 0.3) is 0 Å². The van der Waals surface area contributed by atoms with E-state index in [4.69, 9.17) is 5.11 Å². The lowest BCUT2D eigenvalue weighted by atomic mass is 10.1. The molecule has 1 N–H and O–H groups in total. The molecule has 1 atom stereocenters. The Morgan fingerprint density at radius 1 is 1.19 bits per heavy atom. The number of unbranched alkanes of at least 4 members (excludes halogenated alkanes) is 1. The van der Waals surface area contributed by atoms with Gasteiger partial charge in [-0.15, -0.1) is 0 Å². The number of carbonyl (C=O) groups excluding carboxylic acids is 1. The van der Waals surface area contributed by atoms with E-state index < -0.39 is 0 Å². The zero-order valence-corrected chi connectivity index (χ0v) is 12.9. The molecule has 4 nitrogen and oxygen atoms in total. The number of benzene rings is 1. The summed E-state index contributed by atoms with van der Waals surface area (Å²) in [4.78, 5) is 16.4. The maximum atomic E-state index is 12.5. The molecule has 0 aromatic heterocycles. The number of nitrogens with zero attached hydrogens (tertiary/aromatic N) is 2. The third-order valence-electron chi connectivity index (χ3n) is 4.04. The Labute approximate surface area is 127 Å². The lowest BCUT2D eigenvalue weighted by Gasteiger charge is -2.23. The van der Waals surface area contributed by atoms with Crippen molar-refractivity contribution < 1.29 is 9.90 Å². The SMILES string of the molecule is CCCCN1C(=O)N(CCCO)C[C@@H]1Cc1ccccc1. The molecule has 1 saturated heterocycles. The Morgan fingerprint density at radius 3 is 2.62 bits per heavy atom. The van der Waals surface area contributed by atoms with Crippen LogP contribution < -0.4 is 0 Å². The van der Waals surface area contributed by atoms with E-state index in [1.807, 2.05) is 28.0 Å². The van der Waals surface area contributed by atoms with Gasteiger partial charge in [0.15, 0.2) is 0 Å². The van der Waals surface area contributed by atoms with Gasteiger partial charge in [-0.3, -0.25) is 0 Å². The lowest BCUT2D eigenvalue weighted by molar-refractivity contribution is 0.182. The van der Waals surface area contributed by atoms with Gasteiger partial charge in [0.25, 0.3) is 0 Å². The summed E-state index contributed by atoms with van der Waals surface area (Å²) in [5.41, 5.74) is 1.28. The number of urea groups is 1. The fraction of sp³-hybridized carbons (Fsp3) is 0.588. The molecule has 21 heavy (non-hydrogen) atoms. The third-order valence-corrected chi connectivity index (χ3v) is 4.04. The van der Waals surface area contributed by atoms with Crippen molar-refractivity contribution in [1.29, 1.82) is 0 Å². The fourth-order valence-electron chi connectivity index (χ4n) is 2.88. The molecule has 0 radical (unpaired) electrons. The smallest absolute Gasteiger partial charge is 0.320 e. The van der Waals surface area contributed by atoms with Gasteiger partial charge >= 0.3 is 6.03 Å². The van der Waals surface area contributed by atoms with Gasteiger partial charge in [-0.1, -0.05) is 43.7 Å². The predicted molar refractivity (Wildman–Crippen MR) is 84.2 cm³/mol. The average molecular weight is 290 g/mol. The highest BCUT2D eigenvalue weighted by molar-refractivity contribution is 5.77. The first-order valence-corrected chi connectivity index (χ1v) is 7.96. The summed E-state index contributed by atoms with van der Waals surface area (Å²) >= 11 is 0. The van der Waals surface area contributed by atoms with Crippen molar-refractivity contribution in [1.82, 2.24) is 9.80 Å². The van der Waals surface area contributed by atoms with Gasteiger partial charge < -0.3 is 14.9 Å². The molecule has 2 amide bonds. The summed E-state index contributed by atoms with van der Waals surface area (Å²) in [6, 6.07) is 10.8. The maximum absolute atomic E-state index is 12.5. The zero-order valence-electron chi connectivity index (χ0n) is 12.9. The predicted octanol–water partition coefficient (Wildman–Crippen LogP) is 2.52. The highest BCUT2D eigenvalue weighted by Gasteiger charge is 2.36. The van der Waals surface area contributed by atoms with Crippen molar-refractivity contribution in [3.05, 3.63) is 35.9 Å². The molecule has 0 spiro atoms. The molecule has 116 valence electrons. The van der Waals surface area contributed by atoms with E-state index in [0.29, 0.717) is 13.0 Å². The van der Waals surface area contributed by atoms with Crippen molar-refractivity contribution in [2.75, 3.05) is 26.2 Å². The molecule has 1 aromatic carbocycles. The molecule has 1 heterocycles. The topological polar surface area (TPSA) is 43.8 Å². The number of hydrogen-bond acceptors (Lipinski definition) is 2. The van der Waals surface area contributed by atoms with E-state index in [1.54, 1.807) is 0 Å². The van der Waals surface area contributed by atoms with E-state index in [1.165, 1.54) is 5.56 Å². The molecule has 4 heteroatoms. The number of carbonyl (C=O) groups is 1. The van der Waals surface area contributed by atoms with Crippen molar-refractivity contribution in [2.24, 2.45) is 0 Å². The molecule has 1 aliphatic rings. The van der Waals surface area contributed by atoms with Gasteiger partial charge in [0, 0.05) is 26.2 Å². The van der Waals surface area contributed by atoms with Crippen LogP contribution in [0.3, 0.4) is 0 Å². The Hall–Kier alpha value is -1.55. The van der Waals surface area contributed by atoms with E-state index in [2.05, 4.69) is 19.1 Å². The second-order valence-electron chi connectivity index (χ2n) is 5.70. The number of aliphatic hydroxyl groups excluding tert-OH is 1. The molecule has 1 fully saturated rings. The molecule has 0 aliphatic carbocycles. The van der Waals surface area contributed by atoms with Gasteiger partial charge in [0.05, 0.1) is 6.04 Å². The number of rotatable bonds is 8. The van der Waals surface area contributed by atoms with Gasteiger partial charge in [-0.25, -0.2) is 4.79 Å². The molecule has 1 aliphatic heterocycles. The van der Waals surface area contributed by atoms with E-state index >= 15 is 0 Å². The number of amides is 2. The summed E-state index contributed by atoms with van der Waals surface area (Å²) in [5.74, 6) is 0. The quantitative estimate of drug-likeness (QED) is 0.799. The highest BCUT2D eigenvalue weighted by atomic mass is 16.3. The van der Waals surface area contributed by atoms with Crippen LogP contribution in [0.15, 0.2) is 30.3 Å². The minimum Gasteiger partial charge on any atom is -0.396 e. The number of hydrogen-bond donors (Lipinski definition) is 1. The van der Waals surface area contributed by atoms with Crippen LogP contribution in [0.5, 0.6) is 0 Å². The average Bonchev–Trinajstić information content (AvgIpc) is 2.80. The Kier molecular flexibility index (Phi) is 6.05. The van der Waals surface area contributed by atoms with Crippen molar-refractivity contribution in [3.8, 4) is 0 Å². The monoisotopic (exact) mass is 290 g/mol. The Balaban J connectivity index is 2.03. The maximum Gasteiger partial charge on any atom is 0.320 e. The highest BCUT2D eigenvalue weighted by Crippen LogP contribution is 2.20. The standard InChI is InChI=1S/C17H26N2O2/c1-2-3-11-19-16(13-15-8-5-4-6-9-15)14-18(17(19)21)10-7-12-20/h4-6,8-9,16,20H,2-3,7,10-14H2,1H3/t16-/m0/s1. The zero-order chi connectivity index (χ0) is 15.1. The second kappa shape index (κ2) is 8.03. The lowest BCUT2D eigenvalue weighted by Crippen LogP contribution is -2.37. The molecule has 0 saturated carbocycles. The van der Waals surface area contributed by atoms with E-state index in [-0.39, 0.29) is 18.7 Å².